The summed E-state index contributed by atoms with van der Waals surface area (Å²) in [7, 11) is 0. The van der Waals surface area contributed by atoms with Crippen molar-refractivity contribution < 1.29 is 0 Å². The van der Waals surface area contributed by atoms with Crippen molar-refractivity contribution in [1.82, 2.24) is 0 Å². The Balaban J connectivity index is -0.000000245. The lowest BCUT2D eigenvalue weighted by Crippen LogP contribution is -2.09. The van der Waals surface area contributed by atoms with E-state index in [2.05, 4.69) is 34.3 Å². The smallest absolute Gasteiger partial charge is 0.0153 e. The van der Waals surface area contributed by atoms with Crippen molar-refractivity contribution in [2.24, 2.45) is 5.41 Å². The standard InChI is InChI=1S/C8H16.2CH4/c1-6-8(4,5)7(2)3;;/h2,6H2,1,3-5H3;2*1H4. The maximum atomic E-state index is 3.90. The first-order valence-corrected chi connectivity index (χ1v) is 3.16. The first-order valence-electron chi connectivity index (χ1n) is 3.16. The van der Waals surface area contributed by atoms with Gasteiger partial charge in [0.15, 0.2) is 0 Å². The van der Waals surface area contributed by atoms with E-state index in [-0.39, 0.29) is 14.9 Å². The van der Waals surface area contributed by atoms with Crippen molar-refractivity contribution in [1.29, 1.82) is 0 Å². The number of hydrogen-bond acceptors (Lipinski definition) is 0. The average molecular weight is 144 g/mol. The quantitative estimate of drug-likeness (QED) is 0.508. The minimum atomic E-state index is 0. The first kappa shape index (κ1) is 16.4. The summed E-state index contributed by atoms with van der Waals surface area (Å²) >= 11 is 0. The molecule has 0 aliphatic carbocycles. The van der Waals surface area contributed by atoms with Gasteiger partial charge in [-0.15, -0.1) is 0 Å². The molecule has 0 heteroatoms. The third-order valence-electron chi connectivity index (χ3n) is 2.04. The topological polar surface area (TPSA) is 0 Å². The van der Waals surface area contributed by atoms with Crippen LogP contribution in [0.5, 0.6) is 0 Å². The minimum Gasteiger partial charge on any atom is -0.0996 e. The van der Waals surface area contributed by atoms with Crippen LogP contribution in [-0.2, 0) is 0 Å². The monoisotopic (exact) mass is 144 g/mol. The predicted molar refractivity (Wildman–Crippen MR) is 52.3 cm³/mol. The fourth-order valence-electron chi connectivity index (χ4n) is 0.302. The molecule has 0 amide bonds. The van der Waals surface area contributed by atoms with Gasteiger partial charge in [0, 0.05) is 0 Å². The molecule has 64 valence electrons. The summed E-state index contributed by atoms with van der Waals surface area (Å²) in [4.78, 5) is 0. The highest BCUT2D eigenvalue weighted by atomic mass is 14.2. The van der Waals surface area contributed by atoms with Crippen LogP contribution in [-0.4, -0.2) is 0 Å². The molecule has 0 spiro atoms. The zero-order chi connectivity index (χ0) is 6.78. The molecule has 0 saturated carbocycles. The largest absolute Gasteiger partial charge is 0.0996 e. The van der Waals surface area contributed by atoms with Crippen LogP contribution in [0, 0.1) is 5.41 Å². The van der Waals surface area contributed by atoms with Crippen LogP contribution in [0.3, 0.4) is 0 Å². The molecule has 0 saturated heterocycles. The molecule has 0 aliphatic heterocycles. The van der Waals surface area contributed by atoms with Crippen molar-refractivity contribution in [3.05, 3.63) is 12.2 Å². The summed E-state index contributed by atoms with van der Waals surface area (Å²) in [5.41, 5.74) is 1.62. The van der Waals surface area contributed by atoms with E-state index in [1.807, 2.05) is 0 Å². The van der Waals surface area contributed by atoms with Crippen molar-refractivity contribution in [2.45, 2.75) is 49.0 Å². The van der Waals surface area contributed by atoms with Gasteiger partial charge >= 0.3 is 0 Å². The summed E-state index contributed by atoms with van der Waals surface area (Å²) < 4.78 is 0. The Morgan fingerprint density at radius 3 is 1.60 bits per heavy atom. The Bertz CT molecular complexity index is 88.2. The van der Waals surface area contributed by atoms with Crippen molar-refractivity contribution in [2.75, 3.05) is 0 Å². The van der Waals surface area contributed by atoms with Crippen LogP contribution >= 0.6 is 0 Å². The van der Waals surface area contributed by atoms with E-state index in [4.69, 9.17) is 0 Å². The molecule has 0 rings (SSSR count). The zero-order valence-electron chi connectivity index (χ0n) is 6.41. The van der Waals surface area contributed by atoms with E-state index in [0.717, 1.165) is 0 Å². The third-order valence-corrected chi connectivity index (χ3v) is 2.04. The molecule has 0 fully saturated rings. The Kier molecular flexibility index (Phi) is 9.04. The van der Waals surface area contributed by atoms with E-state index in [0.29, 0.717) is 5.41 Å². The summed E-state index contributed by atoms with van der Waals surface area (Å²) in [6, 6.07) is 0. The molecule has 0 aromatic heterocycles. The van der Waals surface area contributed by atoms with Gasteiger partial charge in [-0.2, -0.15) is 0 Å². The second kappa shape index (κ2) is 5.52. The van der Waals surface area contributed by atoms with Gasteiger partial charge < -0.3 is 0 Å². The number of allylic oxidation sites excluding steroid dienone is 1. The molecule has 0 aromatic rings. The van der Waals surface area contributed by atoms with Crippen LogP contribution in [0.4, 0.5) is 0 Å². The Morgan fingerprint density at radius 1 is 1.30 bits per heavy atom. The predicted octanol–water partition coefficient (Wildman–Crippen LogP) is 4.27. The van der Waals surface area contributed by atoms with Crippen LogP contribution in [0.25, 0.3) is 0 Å². The highest BCUT2D eigenvalue weighted by Crippen LogP contribution is 2.27. The van der Waals surface area contributed by atoms with Crippen LogP contribution < -0.4 is 0 Å². The summed E-state index contributed by atoms with van der Waals surface area (Å²) in [5, 5.41) is 0. The molecule has 0 nitrogen and oxygen atoms in total. The summed E-state index contributed by atoms with van der Waals surface area (Å²) in [5.74, 6) is 0. The van der Waals surface area contributed by atoms with Crippen LogP contribution in [0.2, 0.25) is 0 Å². The summed E-state index contributed by atoms with van der Waals surface area (Å²) in [6.07, 6.45) is 1.18. The average Bonchev–Trinajstić information content (AvgIpc) is 1.67. The molecule has 0 aliphatic rings. The normalized spacial score (nSPS) is 9.20. The molecular formula is C10H24. The van der Waals surface area contributed by atoms with Crippen molar-refractivity contribution in [3.63, 3.8) is 0 Å². The first-order chi connectivity index (χ1) is 3.50. The highest BCUT2D eigenvalue weighted by molar-refractivity contribution is 5.01. The van der Waals surface area contributed by atoms with Gasteiger partial charge in [-0.1, -0.05) is 47.8 Å². The Morgan fingerprint density at radius 2 is 1.60 bits per heavy atom. The van der Waals surface area contributed by atoms with Gasteiger partial charge in [-0.3, -0.25) is 0 Å². The van der Waals surface area contributed by atoms with Crippen molar-refractivity contribution in [3.8, 4) is 0 Å². The maximum absolute atomic E-state index is 3.90. The van der Waals surface area contributed by atoms with Crippen LogP contribution in [0.1, 0.15) is 49.0 Å². The number of hydrogen-bond donors (Lipinski definition) is 0. The van der Waals surface area contributed by atoms with Gasteiger partial charge in [0.1, 0.15) is 0 Å². The lowest BCUT2D eigenvalue weighted by atomic mass is 9.84. The van der Waals surface area contributed by atoms with E-state index in [1.54, 1.807) is 0 Å². The van der Waals surface area contributed by atoms with Crippen molar-refractivity contribution >= 4 is 0 Å². The van der Waals surface area contributed by atoms with E-state index < -0.39 is 0 Å². The van der Waals surface area contributed by atoms with Gasteiger partial charge in [0.05, 0.1) is 0 Å². The van der Waals surface area contributed by atoms with Gasteiger partial charge in [-0.25, -0.2) is 0 Å². The summed E-state index contributed by atoms with van der Waals surface area (Å²) in [6.45, 7) is 12.6. The van der Waals surface area contributed by atoms with Crippen LogP contribution in [0.15, 0.2) is 12.2 Å². The molecule has 0 heterocycles. The van der Waals surface area contributed by atoms with Gasteiger partial charge in [0.2, 0.25) is 0 Å². The lowest BCUT2D eigenvalue weighted by molar-refractivity contribution is 0.431. The molecule has 0 aromatic carbocycles. The second-order valence-electron chi connectivity index (χ2n) is 3.02. The zero-order valence-corrected chi connectivity index (χ0v) is 6.41. The fourth-order valence-corrected chi connectivity index (χ4v) is 0.302. The maximum Gasteiger partial charge on any atom is -0.0153 e. The Hall–Kier alpha value is -0.260. The molecule has 10 heavy (non-hydrogen) atoms. The second-order valence-corrected chi connectivity index (χ2v) is 3.02. The highest BCUT2D eigenvalue weighted by Gasteiger charge is 2.14. The lowest BCUT2D eigenvalue weighted by Gasteiger charge is -2.22. The molecule has 0 unspecified atom stereocenters. The molecular weight excluding hydrogens is 120 g/mol. The SMILES string of the molecule is C.C.C=C(C)C(C)(C)CC. The molecule has 0 radical (unpaired) electrons. The third kappa shape index (κ3) is 4.60. The van der Waals surface area contributed by atoms with E-state index in [9.17, 15) is 0 Å². The van der Waals surface area contributed by atoms with E-state index in [1.165, 1.54) is 12.0 Å². The van der Waals surface area contributed by atoms with E-state index >= 15 is 0 Å². The minimum absolute atomic E-state index is 0. The Labute approximate surface area is 67.3 Å². The number of rotatable bonds is 2. The molecule has 0 N–H and O–H groups in total. The fraction of sp³-hybridized carbons (Fsp3) is 0.800. The van der Waals surface area contributed by atoms with Gasteiger partial charge in [0.25, 0.3) is 0 Å². The van der Waals surface area contributed by atoms with Gasteiger partial charge in [-0.05, 0) is 18.8 Å². The molecule has 0 bridgehead atoms. The molecule has 0 atom stereocenters.